The average Bonchev–Trinajstić information content (AvgIpc) is 2.78. The van der Waals surface area contributed by atoms with Crippen molar-refractivity contribution >= 4 is 28.8 Å². The fourth-order valence-corrected chi connectivity index (χ4v) is 3.27. The summed E-state index contributed by atoms with van der Waals surface area (Å²) in [5.74, 6) is -0.101. The van der Waals surface area contributed by atoms with Gasteiger partial charge in [-0.1, -0.05) is 62.4 Å². The molecule has 0 heterocycles. The van der Waals surface area contributed by atoms with Crippen molar-refractivity contribution < 1.29 is 14.3 Å². The van der Waals surface area contributed by atoms with E-state index < -0.39 is 6.04 Å². The number of amides is 2. The van der Waals surface area contributed by atoms with E-state index >= 15 is 0 Å². The summed E-state index contributed by atoms with van der Waals surface area (Å²) in [5, 5.41) is 8.98. The Bertz CT molecular complexity index is 1080. The summed E-state index contributed by atoms with van der Waals surface area (Å²) >= 11 is 0. The van der Waals surface area contributed by atoms with Crippen molar-refractivity contribution in [3.05, 3.63) is 77.9 Å². The van der Waals surface area contributed by atoms with Gasteiger partial charge in [-0.3, -0.25) is 9.59 Å². The molecule has 6 nitrogen and oxygen atoms in total. The Morgan fingerprint density at radius 2 is 1.71 bits per heavy atom. The van der Waals surface area contributed by atoms with Gasteiger partial charge >= 0.3 is 0 Å². The summed E-state index contributed by atoms with van der Waals surface area (Å²) in [6.45, 7) is 6.18. The zero-order chi connectivity index (χ0) is 22.2. The van der Waals surface area contributed by atoms with E-state index in [1.807, 2.05) is 63.2 Å². The topological polar surface area (TPSA) is 79.8 Å². The van der Waals surface area contributed by atoms with Crippen molar-refractivity contribution in [2.45, 2.75) is 26.8 Å². The quantitative estimate of drug-likeness (QED) is 0.427. The molecule has 0 spiro atoms. The third kappa shape index (κ3) is 5.48. The number of nitrogens with zero attached hydrogens (tertiary/aromatic N) is 1. The largest absolute Gasteiger partial charge is 0.493 e. The van der Waals surface area contributed by atoms with Gasteiger partial charge < -0.3 is 10.1 Å². The molecule has 0 aliphatic heterocycles. The number of fused-ring (bicyclic) bond motifs is 1. The minimum Gasteiger partial charge on any atom is -0.493 e. The van der Waals surface area contributed by atoms with Crippen molar-refractivity contribution in [3.8, 4) is 5.75 Å². The van der Waals surface area contributed by atoms with E-state index in [-0.39, 0.29) is 17.7 Å². The Balaban J connectivity index is 1.76. The van der Waals surface area contributed by atoms with E-state index in [9.17, 15) is 9.59 Å². The third-order valence-electron chi connectivity index (χ3n) is 4.87. The molecule has 3 aromatic carbocycles. The summed E-state index contributed by atoms with van der Waals surface area (Å²) in [6.07, 6.45) is 1.58. The Morgan fingerprint density at radius 3 is 2.42 bits per heavy atom. The zero-order valence-corrected chi connectivity index (χ0v) is 18.0. The van der Waals surface area contributed by atoms with E-state index in [0.717, 1.165) is 16.3 Å². The van der Waals surface area contributed by atoms with E-state index in [1.165, 1.54) is 0 Å². The van der Waals surface area contributed by atoms with E-state index in [4.69, 9.17) is 4.74 Å². The molecule has 0 fully saturated rings. The van der Waals surface area contributed by atoms with Gasteiger partial charge in [-0.05, 0) is 41.8 Å². The second-order valence-corrected chi connectivity index (χ2v) is 7.43. The lowest BCUT2D eigenvalue weighted by molar-refractivity contribution is -0.123. The van der Waals surface area contributed by atoms with Crippen LogP contribution in [0.4, 0.5) is 0 Å². The van der Waals surface area contributed by atoms with Crippen LogP contribution in [0, 0.1) is 5.92 Å². The molecule has 2 N–H and O–H groups in total. The molecule has 0 aromatic heterocycles. The van der Waals surface area contributed by atoms with Crippen molar-refractivity contribution in [2.24, 2.45) is 11.0 Å². The number of hydrazone groups is 1. The van der Waals surface area contributed by atoms with E-state index in [0.29, 0.717) is 17.9 Å². The molecule has 3 aromatic rings. The molecular formula is C25H27N3O3. The summed E-state index contributed by atoms with van der Waals surface area (Å²) in [6, 6.07) is 19.9. The fourth-order valence-electron chi connectivity index (χ4n) is 3.27. The summed E-state index contributed by atoms with van der Waals surface area (Å²) in [7, 11) is 0. The molecule has 0 aliphatic rings. The summed E-state index contributed by atoms with van der Waals surface area (Å²) < 4.78 is 5.73. The number of hydrogen-bond donors (Lipinski definition) is 2. The highest BCUT2D eigenvalue weighted by atomic mass is 16.5. The van der Waals surface area contributed by atoms with Gasteiger partial charge in [-0.15, -0.1) is 0 Å². The number of carbonyl (C=O) groups is 2. The van der Waals surface area contributed by atoms with Crippen LogP contribution in [-0.4, -0.2) is 30.7 Å². The Kier molecular flexibility index (Phi) is 7.38. The van der Waals surface area contributed by atoms with Crippen LogP contribution in [0.2, 0.25) is 0 Å². The van der Waals surface area contributed by atoms with Crippen molar-refractivity contribution in [1.29, 1.82) is 0 Å². The monoisotopic (exact) mass is 417 g/mol. The van der Waals surface area contributed by atoms with Gasteiger partial charge in [0.1, 0.15) is 11.8 Å². The SMILES string of the molecule is CCOc1ccc2ccccc2c1/C=N/NC(=O)C(NC(=O)c1ccccc1)C(C)C. The highest BCUT2D eigenvalue weighted by Gasteiger charge is 2.24. The molecule has 3 rings (SSSR count). The van der Waals surface area contributed by atoms with Crippen LogP contribution in [0.5, 0.6) is 5.75 Å². The maximum atomic E-state index is 12.7. The Hall–Kier alpha value is -3.67. The maximum absolute atomic E-state index is 12.7. The van der Waals surface area contributed by atoms with Crippen molar-refractivity contribution in [2.75, 3.05) is 6.61 Å². The van der Waals surface area contributed by atoms with Crippen LogP contribution in [0.1, 0.15) is 36.7 Å². The zero-order valence-electron chi connectivity index (χ0n) is 18.0. The normalized spacial score (nSPS) is 12.1. The lowest BCUT2D eigenvalue weighted by Gasteiger charge is -2.20. The second kappa shape index (κ2) is 10.4. The first kappa shape index (κ1) is 22.0. The smallest absolute Gasteiger partial charge is 0.262 e. The Morgan fingerprint density at radius 1 is 1.00 bits per heavy atom. The lowest BCUT2D eigenvalue weighted by Crippen LogP contribution is -2.48. The summed E-state index contributed by atoms with van der Waals surface area (Å²) in [4.78, 5) is 25.2. The van der Waals surface area contributed by atoms with Gasteiger partial charge in [0.25, 0.3) is 11.8 Å². The average molecular weight is 418 g/mol. The minimum absolute atomic E-state index is 0.112. The van der Waals surface area contributed by atoms with Crippen LogP contribution in [-0.2, 0) is 4.79 Å². The molecule has 2 amide bonds. The number of carbonyl (C=O) groups excluding carboxylic acids is 2. The third-order valence-corrected chi connectivity index (χ3v) is 4.87. The lowest BCUT2D eigenvalue weighted by atomic mass is 10.0. The molecule has 0 aliphatic carbocycles. The highest BCUT2D eigenvalue weighted by Crippen LogP contribution is 2.26. The first-order valence-electron chi connectivity index (χ1n) is 10.3. The number of benzene rings is 3. The first-order chi connectivity index (χ1) is 15.0. The van der Waals surface area contributed by atoms with Crippen LogP contribution in [0.15, 0.2) is 71.8 Å². The molecule has 31 heavy (non-hydrogen) atoms. The van der Waals surface area contributed by atoms with Gasteiger partial charge in [-0.2, -0.15) is 5.10 Å². The van der Waals surface area contributed by atoms with Gasteiger partial charge in [0.2, 0.25) is 0 Å². The molecule has 0 bridgehead atoms. The van der Waals surface area contributed by atoms with Gasteiger partial charge in [0, 0.05) is 11.1 Å². The van der Waals surface area contributed by atoms with Gasteiger partial charge in [0.15, 0.2) is 0 Å². The molecule has 1 atom stereocenters. The predicted octanol–water partition coefficient (Wildman–Crippen LogP) is 4.14. The predicted molar refractivity (Wildman–Crippen MR) is 123 cm³/mol. The minimum atomic E-state index is -0.719. The maximum Gasteiger partial charge on any atom is 0.262 e. The van der Waals surface area contributed by atoms with Gasteiger partial charge in [0.05, 0.1) is 12.8 Å². The first-order valence-corrected chi connectivity index (χ1v) is 10.3. The summed E-state index contributed by atoms with van der Waals surface area (Å²) in [5.41, 5.74) is 3.85. The Labute approximate surface area is 182 Å². The number of hydrogen-bond acceptors (Lipinski definition) is 4. The second-order valence-electron chi connectivity index (χ2n) is 7.43. The molecule has 0 saturated carbocycles. The fraction of sp³-hybridized carbons (Fsp3) is 0.240. The van der Waals surface area contributed by atoms with Crippen LogP contribution < -0.4 is 15.5 Å². The van der Waals surface area contributed by atoms with Gasteiger partial charge in [-0.25, -0.2) is 5.43 Å². The van der Waals surface area contributed by atoms with Crippen LogP contribution in [0.3, 0.4) is 0 Å². The molecular weight excluding hydrogens is 390 g/mol. The number of ether oxygens (including phenoxy) is 1. The standard InChI is InChI=1S/C25H27N3O3/c1-4-31-22-15-14-18-10-8-9-13-20(18)21(22)16-26-28-25(30)23(17(2)3)27-24(29)19-11-6-5-7-12-19/h5-17,23H,4H2,1-3H3,(H,27,29)(H,28,30)/b26-16+. The van der Waals surface area contributed by atoms with E-state index in [1.54, 1.807) is 30.5 Å². The number of rotatable bonds is 8. The van der Waals surface area contributed by atoms with Crippen LogP contribution >= 0.6 is 0 Å². The molecule has 160 valence electrons. The highest BCUT2D eigenvalue weighted by molar-refractivity contribution is 6.03. The number of nitrogens with one attached hydrogen (secondary N) is 2. The molecule has 0 radical (unpaired) electrons. The molecule has 1 unspecified atom stereocenters. The molecule has 6 heteroatoms. The van der Waals surface area contributed by atoms with Crippen molar-refractivity contribution in [3.63, 3.8) is 0 Å². The molecule has 0 saturated heterocycles. The van der Waals surface area contributed by atoms with Crippen molar-refractivity contribution in [1.82, 2.24) is 10.7 Å². The van der Waals surface area contributed by atoms with Crippen LogP contribution in [0.25, 0.3) is 10.8 Å². The van der Waals surface area contributed by atoms with E-state index in [2.05, 4.69) is 15.8 Å².